The number of carbonyl (C=O) groups excluding carboxylic acids is 1. The Kier molecular flexibility index (Phi) is 6.54. The average molecular weight is 448 g/mol. The molecule has 1 aromatic heterocycles. The second kappa shape index (κ2) is 8.94. The van der Waals surface area contributed by atoms with Crippen LogP contribution in [-0.4, -0.2) is 18.8 Å². The van der Waals surface area contributed by atoms with Gasteiger partial charge in [-0.15, -0.1) is 23.1 Å². The van der Waals surface area contributed by atoms with Gasteiger partial charge in [0.15, 0.2) is 0 Å². The molecule has 0 atom stereocenters. The summed E-state index contributed by atoms with van der Waals surface area (Å²) in [5.41, 5.74) is 1.62. The third kappa shape index (κ3) is 4.23. The van der Waals surface area contributed by atoms with E-state index in [4.69, 9.17) is 4.74 Å². The molecule has 3 nitrogen and oxygen atoms in total. The summed E-state index contributed by atoms with van der Waals surface area (Å²) in [4.78, 5) is 12.1. The summed E-state index contributed by atoms with van der Waals surface area (Å²) in [6, 6.07) is 16.2. The molecule has 0 amide bonds. The van der Waals surface area contributed by atoms with Crippen LogP contribution in [-0.2, 0) is 10.9 Å². The van der Waals surface area contributed by atoms with Gasteiger partial charge in [-0.2, -0.15) is 18.4 Å². The van der Waals surface area contributed by atoms with Crippen molar-refractivity contribution in [1.29, 1.82) is 5.26 Å². The fourth-order valence-corrected chi connectivity index (χ4v) is 4.71. The maximum absolute atomic E-state index is 13.5. The van der Waals surface area contributed by atoms with Gasteiger partial charge in [-0.1, -0.05) is 42.5 Å². The van der Waals surface area contributed by atoms with Crippen molar-refractivity contribution in [3.8, 4) is 28.3 Å². The number of thioether (sulfide) groups is 1. The number of carbonyl (C=O) groups is 1. The van der Waals surface area contributed by atoms with E-state index < -0.39 is 22.6 Å². The van der Waals surface area contributed by atoms with E-state index in [1.165, 1.54) is 0 Å². The number of benzene rings is 2. The Morgan fingerprint density at radius 2 is 1.77 bits per heavy atom. The Labute approximate surface area is 180 Å². The third-order valence-electron chi connectivity index (χ3n) is 4.33. The number of ether oxygens (including phenoxy) is 1. The molecule has 0 saturated heterocycles. The van der Waals surface area contributed by atoms with Crippen LogP contribution >= 0.6 is 23.1 Å². The Morgan fingerprint density at radius 1 is 1.13 bits per heavy atom. The van der Waals surface area contributed by atoms with Crippen molar-refractivity contribution in [3.63, 3.8) is 0 Å². The van der Waals surface area contributed by atoms with Crippen LogP contribution in [0.25, 0.3) is 22.3 Å². The molecule has 0 unspecified atom stereocenters. The SMILES string of the molecule is CCOC(=O)c1sc(C(F)(F)F)c(C#N)c1-c1ccc(-c2ccccc2SC)cc1. The van der Waals surface area contributed by atoms with Gasteiger partial charge in [0, 0.05) is 10.5 Å². The fraction of sp³-hybridized carbons (Fsp3) is 0.182. The summed E-state index contributed by atoms with van der Waals surface area (Å²) in [6.07, 6.45) is -2.78. The van der Waals surface area contributed by atoms with Crippen molar-refractivity contribution in [1.82, 2.24) is 0 Å². The molecule has 1 heterocycles. The van der Waals surface area contributed by atoms with Gasteiger partial charge in [0.05, 0.1) is 12.2 Å². The molecule has 3 aromatic rings. The molecule has 0 fully saturated rings. The van der Waals surface area contributed by atoms with Crippen molar-refractivity contribution in [3.05, 3.63) is 63.8 Å². The topological polar surface area (TPSA) is 50.1 Å². The smallest absolute Gasteiger partial charge is 0.426 e. The van der Waals surface area contributed by atoms with Crippen molar-refractivity contribution in [2.24, 2.45) is 0 Å². The highest BCUT2D eigenvalue weighted by Crippen LogP contribution is 2.45. The zero-order valence-corrected chi connectivity index (χ0v) is 17.7. The summed E-state index contributed by atoms with van der Waals surface area (Å²) >= 11 is 1.83. The minimum atomic E-state index is -4.74. The van der Waals surface area contributed by atoms with Crippen LogP contribution in [0.2, 0.25) is 0 Å². The average Bonchev–Trinajstić information content (AvgIpc) is 3.14. The molecule has 0 spiro atoms. The van der Waals surface area contributed by atoms with E-state index in [2.05, 4.69) is 0 Å². The molecule has 30 heavy (non-hydrogen) atoms. The highest BCUT2D eigenvalue weighted by atomic mass is 32.2. The fourth-order valence-electron chi connectivity index (χ4n) is 3.05. The standard InChI is InChI=1S/C22H16F3NO2S2/c1-3-28-21(27)19-18(16(12-26)20(30-19)22(23,24)25)14-10-8-13(9-11-14)15-6-4-5-7-17(15)29-2/h4-11H,3H2,1-2H3. The van der Waals surface area contributed by atoms with Gasteiger partial charge < -0.3 is 4.74 Å². The number of nitriles is 1. The molecule has 0 aliphatic heterocycles. The molecular formula is C22H16F3NO2S2. The third-order valence-corrected chi connectivity index (χ3v) is 6.34. The monoisotopic (exact) mass is 447 g/mol. The van der Waals surface area contributed by atoms with Crippen molar-refractivity contribution >= 4 is 29.1 Å². The lowest BCUT2D eigenvalue weighted by Crippen LogP contribution is -2.04. The number of halogens is 3. The van der Waals surface area contributed by atoms with Gasteiger partial charge in [-0.05, 0) is 35.9 Å². The van der Waals surface area contributed by atoms with Crippen LogP contribution in [0.15, 0.2) is 53.4 Å². The first kappa shape index (κ1) is 21.9. The van der Waals surface area contributed by atoms with Crippen molar-refractivity contribution in [2.45, 2.75) is 18.0 Å². The number of nitrogens with zero attached hydrogens (tertiary/aromatic N) is 1. The maximum Gasteiger partial charge on any atom is 0.426 e. The van der Waals surface area contributed by atoms with Gasteiger partial charge in [0.25, 0.3) is 0 Å². The van der Waals surface area contributed by atoms with Crippen LogP contribution in [0, 0.1) is 11.3 Å². The van der Waals surface area contributed by atoms with E-state index in [0.717, 1.165) is 16.0 Å². The first-order valence-corrected chi connectivity index (χ1v) is 10.9. The lowest BCUT2D eigenvalue weighted by atomic mass is 9.97. The molecule has 3 rings (SSSR count). The quantitative estimate of drug-likeness (QED) is 0.316. The predicted molar refractivity (Wildman–Crippen MR) is 113 cm³/mol. The largest absolute Gasteiger partial charge is 0.462 e. The molecule has 0 bridgehead atoms. The molecule has 0 radical (unpaired) electrons. The molecular weight excluding hydrogens is 431 g/mol. The number of hydrogen-bond acceptors (Lipinski definition) is 5. The number of hydrogen-bond donors (Lipinski definition) is 0. The van der Waals surface area contributed by atoms with E-state index in [1.54, 1.807) is 49.0 Å². The zero-order chi connectivity index (χ0) is 21.9. The summed E-state index contributed by atoms with van der Waals surface area (Å²) in [6.45, 7) is 1.59. The van der Waals surface area contributed by atoms with Crippen LogP contribution in [0.3, 0.4) is 0 Å². The van der Waals surface area contributed by atoms with Gasteiger partial charge in [0.2, 0.25) is 0 Å². The van der Waals surface area contributed by atoms with Gasteiger partial charge in [-0.3, -0.25) is 0 Å². The molecule has 2 aromatic carbocycles. The summed E-state index contributed by atoms with van der Waals surface area (Å²) in [5.74, 6) is -0.874. The first-order valence-electron chi connectivity index (χ1n) is 8.86. The Hall–Kier alpha value is -2.76. The van der Waals surface area contributed by atoms with Crippen LogP contribution in [0.5, 0.6) is 0 Å². The number of rotatable bonds is 5. The van der Waals surface area contributed by atoms with Crippen molar-refractivity contribution in [2.75, 3.05) is 12.9 Å². The highest BCUT2D eigenvalue weighted by Gasteiger charge is 2.40. The summed E-state index contributed by atoms with van der Waals surface area (Å²) < 4.78 is 45.3. The molecule has 8 heteroatoms. The Morgan fingerprint density at radius 3 is 2.33 bits per heavy atom. The minimum absolute atomic E-state index is 0.0177. The predicted octanol–water partition coefficient (Wildman–Crippen LogP) is 6.87. The van der Waals surface area contributed by atoms with E-state index in [-0.39, 0.29) is 28.4 Å². The van der Waals surface area contributed by atoms with Gasteiger partial charge in [-0.25, -0.2) is 4.79 Å². The second-order valence-electron chi connectivity index (χ2n) is 6.12. The minimum Gasteiger partial charge on any atom is -0.462 e. The number of thiophene rings is 1. The van der Waals surface area contributed by atoms with E-state index in [9.17, 15) is 23.2 Å². The van der Waals surface area contributed by atoms with E-state index >= 15 is 0 Å². The van der Waals surface area contributed by atoms with Crippen molar-refractivity contribution < 1.29 is 22.7 Å². The summed E-state index contributed by atoms with van der Waals surface area (Å²) in [7, 11) is 0. The first-order chi connectivity index (χ1) is 14.3. The molecule has 0 aliphatic carbocycles. The van der Waals surface area contributed by atoms with Crippen LogP contribution in [0.1, 0.15) is 27.0 Å². The summed E-state index contributed by atoms with van der Waals surface area (Å²) in [5, 5.41) is 9.45. The molecule has 154 valence electrons. The zero-order valence-electron chi connectivity index (χ0n) is 16.0. The molecule has 0 saturated carbocycles. The lowest BCUT2D eigenvalue weighted by molar-refractivity contribution is -0.134. The Balaban J connectivity index is 2.16. The lowest BCUT2D eigenvalue weighted by Gasteiger charge is -2.09. The number of alkyl halides is 3. The normalized spacial score (nSPS) is 11.2. The molecule has 0 N–H and O–H groups in total. The van der Waals surface area contributed by atoms with E-state index in [0.29, 0.717) is 5.56 Å². The van der Waals surface area contributed by atoms with Gasteiger partial charge >= 0.3 is 12.1 Å². The van der Waals surface area contributed by atoms with E-state index in [1.807, 2.05) is 30.5 Å². The number of esters is 1. The van der Waals surface area contributed by atoms with Crippen LogP contribution < -0.4 is 0 Å². The highest BCUT2D eigenvalue weighted by molar-refractivity contribution is 7.98. The van der Waals surface area contributed by atoms with Crippen LogP contribution in [0.4, 0.5) is 13.2 Å². The van der Waals surface area contributed by atoms with Gasteiger partial charge in [0.1, 0.15) is 15.8 Å². The molecule has 0 aliphatic rings. The Bertz CT molecular complexity index is 1110. The maximum atomic E-state index is 13.5. The second-order valence-corrected chi connectivity index (χ2v) is 7.99.